The lowest BCUT2D eigenvalue weighted by Gasteiger charge is -2.40. The summed E-state index contributed by atoms with van der Waals surface area (Å²) in [5, 5.41) is 0. The lowest BCUT2D eigenvalue weighted by Crippen LogP contribution is -2.54. The number of piperazine rings is 1. The van der Waals surface area contributed by atoms with E-state index in [1.165, 1.54) is 5.56 Å². The van der Waals surface area contributed by atoms with Gasteiger partial charge in [0.05, 0.1) is 18.4 Å². The van der Waals surface area contributed by atoms with E-state index in [1.54, 1.807) is 0 Å². The quantitative estimate of drug-likeness (QED) is 0.744. The summed E-state index contributed by atoms with van der Waals surface area (Å²) in [6.07, 6.45) is 4.12. The predicted octanol–water partition coefficient (Wildman–Crippen LogP) is 3.67. The minimum absolute atomic E-state index is 0.139. The van der Waals surface area contributed by atoms with Crippen molar-refractivity contribution in [2.75, 3.05) is 24.5 Å². The van der Waals surface area contributed by atoms with Gasteiger partial charge in [0.15, 0.2) is 0 Å². The van der Waals surface area contributed by atoms with Gasteiger partial charge in [0.1, 0.15) is 11.6 Å². The van der Waals surface area contributed by atoms with Gasteiger partial charge in [-0.3, -0.25) is 9.79 Å². The Balaban J connectivity index is 1.35. The predicted molar refractivity (Wildman–Crippen MR) is 122 cm³/mol. The van der Waals surface area contributed by atoms with E-state index in [0.717, 1.165) is 60.9 Å². The van der Waals surface area contributed by atoms with Gasteiger partial charge in [0.2, 0.25) is 5.91 Å². The fourth-order valence-electron chi connectivity index (χ4n) is 4.55. The Morgan fingerprint density at radius 2 is 2.00 bits per heavy atom. The minimum atomic E-state index is 0.139. The van der Waals surface area contributed by atoms with Crippen LogP contribution in [0.2, 0.25) is 0 Å². The van der Waals surface area contributed by atoms with Crippen LogP contribution in [0.25, 0.3) is 0 Å². The van der Waals surface area contributed by atoms with Crippen LogP contribution >= 0.6 is 0 Å². The molecule has 6 heteroatoms. The largest absolute Gasteiger partial charge is 0.491 e. The third kappa shape index (κ3) is 4.03. The smallest absolute Gasteiger partial charge is 0.226 e. The van der Waals surface area contributed by atoms with Gasteiger partial charge in [-0.25, -0.2) is 4.98 Å². The molecule has 0 bridgehead atoms. The first-order valence-electron chi connectivity index (χ1n) is 11.4. The third-order valence-electron chi connectivity index (χ3n) is 6.30. The van der Waals surface area contributed by atoms with E-state index < -0.39 is 0 Å². The van der Waals surface area contributed by atoms with Gasteiger partial charge in [-0.15, -0.1) is 0 Å². The molecule has 162 valence electrons. The first kappa shape index (κ1) is 20.0. The molecule has 1 saturated heterocycles. The number of pyridine rings is 1. The van der Waals surface area contributed by atoms with Crippen LogP contribution in [-0.4, -0.2) is 53.3 Å². The van der Waals surface area contributed by atoms with Gasteiger partial charge < -0.3 is 14.5 Å². The highest BCUT2D eigenvalue weighted by atomic mass is 16.5. The second kappa shape index (κ2) is 7.98. The molecule has 3 heterocycles. The number of amides is 1. The number of rotatable bonds is 5. The number of aromatic nitrogens is 1. The SMILES string of the molecule is CC(C)Oc1ccc2c(c1)C(c1ccnc(N3CCN(C(=O)C4CC4)C(C)C3)c1)=NC2. The maximum atomic E-state index is 12.5. The van der Waals surface area contributed by atoms with Crippen LogP contribution < -0.4 is 9.64 Å². The number of hydrogen-bond donors (Lipinski definition) is 0. The number of fused-ring (bicyclic) bond motifs is 1. The van der Waals surface area contributed by atoms with Crippen molar-refractivity contribution in [3.8, 4) is 5.75 Å². The Bertz CT molecular complexity index is 1030. The summed E-state index contributed by atoms with van der Waals surface area (Å²) in [4.78, 5) is 26.3. The highest BCUT2D eigenvalue weighted by molar-refractivity contribution is 6.15. The number of benzene rings is 1. The van der Waals surface area contributed by atoms with Crippen LogP contribution in [0.4, 0.5) is 5.82 Å². The molecule has 0 radical (unpaired) electrons. The summed E-state index contributed by atoms with van der Waals surface area (Å²) in [5.74, 6) is 2.45. The van der Waals surface area contributed by atoms with E-state index in [-0.39, 0.29) is 18.1 Å². The summed E-state index contributed by atoms with van der Waals surface area (Å²) in [6.45, 7) is 9.31. The zero-order chi connectivity index (χ0) is 21.5. The van der Waals surface area contributed by atoms with Gasteiger partial charge in [0.25, 0.3) is 0 Å². The number of carbonyl (C=O) groups is 1. The third-order valence-corrected chi connectivity index (χ3v) is 6.30. The number of hydrogen-bond acceptors (Lipinski definition) is 5. The van der Waals surface area contributed by atoms with E-state index >= 15 is 0 Å². The average Bonchev–Trinajstić information content (AvgIpc) is 3.52. The summed E-state index contributed by atoms with van der Waals surface area (Å²) < 4.78 is 5.90. The Hall–Kier alpha value is -2.89. The normalized spacial score (nSPS) is 20.6. The molecule has 1 atom stereocenters. The molecule has 2 fully saturated rings. The molecule has 1 aromatic heterocycles. The van der Waals surface area contributed by atoms with Crippen molar-refractivity contribution in [3.63, 3.8) is 0 Å². The first-order valence-corrected chi connectivity index (χ1v) is 11.4. The monoisotopic (exact) mass is 418 g/mol. The molecular weight excluding hydrogens is 388 g/mol. The van der Waals surface area contributed by atoms with E-state index in [2.05, 4.69) is 39.9 Å². The van der Waals surface area contributed by atoms with Gasteiger partial charge in [-0.1, -0.05) is 6.07 Å². The Morgan fingerprint density at radius 3 is 2.74 bits per heavy atom. The number of ether oxygens (including phenoxy) is 1. The number of aliphatic imine (C=N–C) groups is 1. The molecule has 2 aliphatic heterocycles. The van der Waals surface area contributed by atoms with Crippen molar-refractivity contribution < 1.29 is 9.53 Å². The second-order valence-corrected chi connectivity index (χ2v) is 9.15. The van der Waals surface area contributed by atoms with Gasteiger partial charge in [-0.05, 0) is 63.4 Å². The average molecular weight is 419 g/mol. The molecule has 6 nitrogen and oxygen atoms in total. The highest BCUT2D eigenvalue weighted by Gasteiger charge is 2.37. The molecule has 1 saturated carbocycles. The van der Waals surface area contributed by atoms with Gasteiger partial charge in [-0.2, -0.15) is 0 Å². The standard InChI is InChI=1S/C25H30N4O2/c1-16(2)31-21-7-6-20-14-27-24(22(20)13-21)19-8-9-26-23(12-19)28-10-11-29(17(3)15-28)25(30)18-4-5-18/h6-9,12-13,16-18H,4-5,10-11,14-15H2,1-3H3. The van der Waals surface area contributed by atoms with Crippen molar-refractivity contribution >= 4 is 17.4 Å². The summed E-state index contributed by atoms with van der Waals surface area (Å²) >= 11 is 0. The molecule has 1 unspecified atom stereocenters. The molecule has 0 N–H and O–H groups in total. The van der Waals surface area contributed by atoms with Crippen LogP contribution in [0.1, 0.15) is 50.3 Å². The topological polar surface area (TPSA) is 58.0 Å². The van der Waals surface area contributed by atoms with Crippen LogP contribution in [0.5, 0.6) is 5.75 Å². The molecular formula is C25H30N4O2. The van der Waals surface area contributed by atoms with Crippen molar-refractivity contribution in [1.29, 1.82) is 0 Å². The molecule has 2 aromatic rings. The lowest BCUT2D eigenvalue weighted by atomic mass is 10.0. The van der Waals surface area contributed by atoms with E-state index in [9.17, 15) is 4.79 Å². The molecule has 3 aliphatic rings. The van der Waals surface area contributed by atoms with E-state index in [4.69, 9.17) is 9.73 Å². The number of carbonyl (C=O) groups excluding carboxylic acids is 1. The minimum Gasteiger partial charge on any atom is -0.491 e. The maximum Gasteiger partial charge on any atom is 0.226 e. The highest BCUT2D eigenvalue weighted by Crippen LogP contribution is 2.33. The molecule has 1 aliphatic carbocycles. The van der Waals surface area contributed by atoms with Crippen LogP contribution in [-0.2, 0) is 11.3 Å². The molecule has 1 amide bonds. The number of anilines is 1. The second-order valence-electron chi connectivity index (χ2n) is 9.15. The van der Waals surface area contributed by atoms with Crippen molar-refractivity contribution in [2.24, 2.45) is 10.9 Å². The summed E-state index contributed by atoms with van der Waals surface area (Å²) in [7, 11) is 0. The summed E-state index contributed by atoms with van der Waals surface area (Å²) in [5.41, 5.74) is 4.45. The zero-order valence-electron chi connectivity index (χ0n) is 18.5. The summed E-state index contributed by atoms with van der Waals surface area (Å²) in [6, 6.07) is 10.6. The van der Waals surface area contributed by atoms with Crippen molar-refractivity contribution in [2.45, 2.75) is 52.3 Å². The van der Waals surface area contributed by atoms with Crippen molar-refractivity contribution in [1.82, 2.24) is 9.88 Å². The Kier molecular flexibility index (Phi) is 5.16. The fourth-order valence-corrected chi connectivity index (χ4v) is 4.55. The number of nitrogens with zero attached hydrogens (tertiary/aromatic N) is 4. The molecule has 1 aromatic carbocycles. The first-order chi connectivity index (χ1) is 15.0. The van der Waals surface area contributed by atoms with Crippen LogP contribution in [0.3, 0.4) is 0 Å². The van der Waals surface area contributed by atoms with E-state index in [1.807, 2.05) is 32.2 Å². The fraction of sp³-hybridized carbons (Fsp3) is 0.480. The van der Waals surface area contributed by atoms with Gasteiger partial charge in [0, 0.05) is 48.9 Å². The Morgan fingerprint density at radius 1 is 1.16 bits per heavy atom. The maximum absolute atomic E-state index is 12.5. The van der Waals surface area contributed by atoms with Crippen LogP contribution in [0, 0.1) is 5.92 Å². The van der Waals surface area contributed by atoms with E-state index in [0.29, 0.717) is 12.5 Å². The molecule has 5 rings (SSSR count). The van der Waals surface area contributed by atoms with Crippen LogP contribution in [0.15, 0.2) is 41.5 Å². The lowest BCUT2D eigenvalue weighted by molar-refractivity contribution is -0.134. The molecule has 0 spiro atoms. The van der Waals surface area contributed by atoms with Crippen molar-refractivity contribution in [3.05, 3.63) is 53.2 Å². The Labute approximate surface area is 183 Å². The van der Waals surface area contributed by atoms with Gasteiger partial charge >= 0.3 is 0 Å². The zero-order valence-corrected chi connectivity index (χ0v) is 18.5. The molecule has 31 heavy (non-hydrogen) atoms.